The lowest BCUT2D eigenvalue weighted by Crippen LogP contribution is -2.56. The molecule has 15 heavy (non-hydrogen) atoms. The summed E-state index contributed by atoms with van der Waals surface area (Å²) in [5.41, 5.74) is 2.62. The summed E-state index contributed by atoms with van der Waals surface area (Å²) in [4.78, 5) is 13.9. The van der Waals surface area contributed by atoms with Crippen molar-refractivity contribution in [1.82, 2.24) is 10.2 Å². The molecule has 1 amide bonds. The number of carbonyl (C=O) groups excluding carboxylic acids is 1. The average Bonchev–Trinajstić information content (AvgIpc) is 2.42. The molecule has 1 aromatic carbocycles. The van der Waals surface area contributed by atoms with E-state index in [4.69, 9.17) is 0 Å². The van der Waals surface area contributed by atoms with Crippen molar-refractivity contribution in [1.29, 1.82) is 0 Å². The quantitative estimate of drug-likeness (QED) is 0.736. The highest BCUT2D eigenvalue weighted by molar-refractivity contribution is 6.09. The lowest BCUT2D eigenvalue weighted by Gasteiger charge is -2.36. The standard InChI is InChI=1S/C12H12N2O/c1-8-10-4-2-3-5-11(10)12(15)14(8)9-6-13-7-9/h2-5,9,13H,1,6-7H2. The van der Waals surface area contributed by atoms with E-state index < -0.39 is 0 Å². The molecule has 2 aliphatic heterocycles. The molecule has 1 fully saturated rings. The van der Waals surface area contributed by atoms with Crippen molar-refractivity contribution >= 4 is 11.6 Å². The average molecular weight is 200 g/mol. The zero-order chi connectivity index (χ0) is 10.4. The van der Waals surface area contributed by atoms with Gasteiger partial charge >= 0.3 is 0 Å². The van der Waals surface area contributed by atoms with Crippen LogP contribution in [0.5, 0.6) is 0 Å². The number of nitrogens with zero attached hydrogens (tertiary/aromatic N) is 1. The van der Waals surface area contributed by atoms with Crippen LogP contribution in [0.3, 0.4) is 0 Å². The van der Waals surface area contributed by atoms with Gasteiger partial charge in [0.25, 0.3) is 5.91 Å². The second kappa shape index (κ2) is 2.94. The molecule has 0 bridgehead atoms. The van der Waals surface area contributed by atoms with E-state index in [9.17, 15) is 4.79 Å². The highest BCUT2D eigenvalue weighted by atomic mass is 16.2. The third-order valence-corrected chi connectivity index (χ3v) is 3.10. The van der Waals surface area contributed by atoms with Crippen LogP contribution in [0.1, 0.15) is 15.9 Å². The number of benzene rings is 1. The zero-order valence-electron chi connectivity index (χ0n) is 8.36. The molecule has 0 spiro atoms. The van der Waals surface area contributed by atoms with Gasteiger partial charge in [-0.25, -0.2) is 0 Å². The molecule has 0 radical (unpaired) electrons. The molecule has 3 rings (SSSR count). The minimum atomic E-state index is 0.0992. The van der Waals surface area contributed by atoms with Gasteiger partial charge in [-0.2, -0.15) is 0 Å². The van der Waals surface area contributed by atoms with Crippen LogP contribution in [-0.4, -0.2) is 29.9 Å². The molecule has 0 atom stereocenters. The third-order valence-electron chi connectivity index (χ3n) is 3.10. The van der Waals surface area contributed by atoms with Gasteiger partial charge in [0.2, 0.25) is 0 Å². The Balaban J connectivity index is 2.04. The molecule has 0 aliphatic carbocycles. The van der Waals surface area contributed by atoms with Crippen molar-refractivity contribution in [3.63, 3.8) is 0 Å². The van der Waals surface area contributed by atoms with Gasteiger partial charge in [0, 0.05) is 29.9 Å². The summed E-state index contributed by atoms with van der Waals surface area (Å²) in [5, 5.41) is 3.17. The number of fused-ring (bicyclic) bond motifs is 1. The van der Waals surface area contributed by atoms with Gasteiger partial charge in [-0.3, -0.25) is 4.79 Å². The molecule has 76 valence electrons. The van der Waals surface area contributed by atoms with Crippen molar-refractivity contribution in [2.24, 2.45) is 0 Å². The second-order valence-corrected chi connectivity index (χ2v) is 3.98. The van der Waals surface area contributed by atoms with Gasteiger partial charge < -0.3 is 10.2 Å². The molecule has 1 aromatic rings. The fraction of sp³-hybridized carbons (Fsp3) is 0.250. The van der Waals surface area contributed by atoms with Crippen LogP contribution >= 0.6 is 0 Å². The lowest BCUT2D eigenvalue weighted by atomic mass is 10.1. The van der Waals surface area contributed by atoms with Gasteiger partial charge in [0.15, 0.2) is 0 Å². The summed E-state index contributed by atoms with van der Waals surface area (Å²) in [7, 11) is 0. The molecule has 3 heteroatoms. The van der Waals surface area contributed by atoms with E-state index >= 15 is 0 Å². The number of rotatable bonds is 1. The van der Waals surface area contributed by atoms with Crippen LogP contribution in [0.2, 0.25) is 0 Å². The van der Waals surface area contributed by atoms with E-state index in [1.165, 1.54) is 0 Å². The molecule has 2 aliphatic rings. The molecular weight excluding hydrogens is 188 g/mol. The van der Waals surface area contributed by atoms with E-state index in [2.05, 4.69) is 11.9 Å². The lowest BCUT2D eigenvalue weighted by molar-refractivity contribution is 0.0766. The third kappa shape index (κ3) is 1.07. The van der Waals surface area contributed by atoms with Crippen LogP contribution in [-0.2, 0) is 0 Å². The van der Waals surface area contributed by atoms with Crippen LogP contribution in [0.25, 0.3) is 5.70 Å². The Morgan fingerprint density at radius 2 is 1.93 bits per heavy atom. The highest BCUT2D eigenvalue weighted by Crippen LogP contribution is 2.33. The first kappa shape index (κ1) is 8.68. The molecule has 0 unspecified atom stereocenters. The fourth-order valence-corrected chi connectivity index (χ4v) is 2.15. The van der Waals surface area contributed by atoms with Crippen molar-refractivity contribution in [3.8, 4) is 0 Å². The summed E-state index contributed by atoms with van der Waals surface area (Å²) in [5.74, 6) is 0.0992. The molecule has 3 nitrogen and oxygen atoms in total. The maximum absolute atomic E-state index is 12.1. The minimum absolute atomic E-state index is 0.0992. The fourth-order valence-electron chi connectivity index (χ4n) is 2.15. The van der Waals surface area contributed by atoms with Crippen LogP contribution in [0, 0.1) is 0 Å². The molecule has 1 saturated heterocycles. The van der Waals surface area contributed by atoms with Crippen molar-refractivity contribution in [2.45, 2.75) is 6.04 Å². The molecule has 0 saturated carbocycles. The first-order chi connectivity index (χ1) is 7.29. The normalized spacial score (nSPS) is 20.4. The summed E-state index contributed by atoms with van der Waals surface area (Å²) in [6.07, 6.45) is 0. The Bertz CT molecular complexity index is 414. The first-order valence-electron chi connectivity index (χ1n) is 5.11. The van der Waals surface area contributed by atoms with E-state index in [0.717, 1.165) is 29.9 Å². The van der Waals surface area contributed by atoms with Crippen LogP contribution < -0.4 is 5.32 Å². The van der Waals surface area contributed by atoms with E-state index in [1.54, 1.807) is 0 Å². The number of carbonyl (C=O) groups is 1. The Morgan fingerprint density at radius 3 is 2.47 bits per heavy atom. The number of nitrogens with one attached hydrogen (secondary N) is 1. The summed E-state index contributed by atoms with van der Waals surface area (Å²) in [6.45, 7) is 5.76. The van der Waals surface area contributed by atoms with Gasteiger partial charge in [-0.1, -0.05) is 24.8 Å². The van der Waals surface area contributed by atoms with Gasteiger partial charge in [-0.05, 0) is 6.07 Å². The van der Waals surface area contributed by atoms with Crippen molar-refractivity contribution in [2.75, 3.05) is 13.1 Å². The maximum Gasteiger partial charge on any atom is 0.259 e. The summed E-state index contributed by atoms with van der Waals surface area (Å²) >= 11 is 0. The molecular formula is C12H12N2O. The maximum atomic E-state index is 12.1. The predicted octanol–water partition coefficient (Wildman–Crippen LogP) is 1.08. The highest BCUT2D eigenvalue weighted by Gasteiger charge is 2.37. The van der Waals surface area contributed by atoms with Crippen LogP contribution in [0.15, 0.2) is 30.8 Å². The number of hydrogen-bond acceptors (Lipinski definition) is 2. The van der Waals surface area contributed by atoms with Crippen molar-refractivity contribution < 1.29 is 4.79 Å². The van der Waals surface area contributed by atoms with E-state index in [0.29, 0.717) is 0 Å². The Labute approximate surface area is 88.4 Å². The zero-order valence-corrected chi connectivity index (χ0v) is 8.36. The van der Waals surface area contributed by atoms with Crippen molar-refractivity contribution in [3.05, 3.63) is 42.0 Å². The number of amides is 1. The molecule has 0 aromatic heterocycles. The summed E-state index contributed by atoms with van der Waals surface area (Å²) in [6, 6.07) is 7.96. The second-order valence-electron chi connectivity index (χ2n) is 3.98. The summed E-state index contributed by atoms with van der Waals surface area (Å²) < 4.78 is 0. The number of hydrogen-bond donors (Lipinski definition) is 1. The molecule has 2 heterocycles. The van der Waals surface area contributed by atoms with Gasteiger partial charge in [-0.15, -0.1) is 0 Å². The Hall–Kier alpha value is -1.61. The van der Waals surface area contributed by atoms with Gasteiger partial charge in [0.05, 0.1) is 6.04 Å². The monoisotopic (exact) mass is 200 g/mol. The Kier molecular flexibility index (Phi) is 1.70. The predicted molar refractivity (Wildman–Crippen MR) is 58.3 cm³/mol. The van der Waals surface area contributed by atoms with Crippen LogP contribution in [0.4, 0.5) is 0 Å². The minimum Gasteiger partial charge on any atom is -0.313 e. The van der Waals surface area contributed by atoms with E-state index in [1.807, 2.05) is 29.2 Å². The van der Waals surface area contributed by atoms with Gasteiger partial charge in [0.1, 0.15) is 0 Å². The smallest absolute Gasteiger partial charge is 0.259 e. The Morgan fingerprint density at radius 1 is 1.27 bits per heavy atom. The topological polar surface area (TPSA) is 32.3 Å². The largest absolute Gasteiger partial charge is 0.313 e. The van der Waals surface area contributed by atoms with E-state index in [-0.39, 0.29) is 11.9 Å². The SMILES string of the molecule is C=C1c2ccccc2C(=O)N1C1CNC1. The molecule has 1 N–H and O–H groups in total. The first-order valence-corrected chi connectivity index (χ1v) is 5.11.